The molecular weight excluding hydrogens is 347 g/mol. The maximum Gasteiger partial charge on any atom is 0.243 e. The third-order valence-corrected chi connectivity index (χ3v) is 6.44. The molecular formula is C17H23FN2O4S. The van der Waals surface area contributed by atoms with Gasteiger partial charge >= 0.3 is 0 Å². The van der Waals surface area contributed by atoms with Crippen LogP contribution in [0, 0.1) is 17.7 Å². The highest BCUT2D eigenvalue weighted by Gasteiger charge is 2.47. The summed E-state index contributed by atoms with van der Waals surface area (Å²) >= 11 is 0. The van der Waals surface area contributed by atoms with Crippen molar-refractivity contribution in [3.8, 4) is 0 Å². The van der Waals surface area contributed by atoms with E-state index in [1.807, 2.05) is 13.8 Å². The number of hydrogen-bond acceptors (Lipinski definition) is 4. The van der Waals surface area contributed by atoms with Crippen LogP contribution in [0.3, 0.4) is 0 Å². The van der Waals surface area contributed by atoms with Gasteiger partial charge in [-0.05, 0) is 36.6 Å². The van der Waals surface area contributed by atoms with Gasteiger partial charge in [0.2, 0.25) is 15.9 Å². The van der Waals surface area contributed by atoms with Crippen molar-refractivity contribution >= 4 is 15.9 Å². The highest BCUT2D eigenvalue weighted by Crippen LogP contribution is 2.34. The monoisotopic (exact) mass is 370 g/mol. The lowest BCUT2D eigenvalue weighted by Crippen LogP contribution is -2.48. The second-order valence-corrected chi connectivity index (χ2v) is 8.99. The first-order chi connectivity index (χ1) is 11.8. The van der Waals surface area contributed by atoms with Gasteiger partial charge in [-0.15, -0.1) is 0 Å². The van der Waals surface area contributed by atoms with E-state index in [1.54, 1.807) is 0 Å². The van der Waals surface area contributed by atoms with Crippen LogP contribution in [0.15, 0.2) is 29.2 Å². The molecule has 1 aromatic carbocycles. The van der Waals surface area contributed by atoms with Crippen LogP contribution in [0.1, 0.15) is 20.3 Å². The molecule has 1 aromatic rings. The minimum absolute atomic E-state index is 0.0519. The van der Waals surface area contributed by atoms with Crippen LogP contribution in [0.4, 0.5) is 4.39 Å². The molecule has 0 unspecified atom stereocenters. The third kappa shape index (κ3) is 3.86. The molecule has 1 N–H and O–H groups in total. The topological polar surface area (TPSA) is 75.7 Å². The number of amides is 1. The smallest absolute Gasteiger partial charge is 0.243 e. The second-order valence-electron chi connectivity index (χ2n) is 7.05. The van der Waals surface area contributed by atoms with Gasteiger partial charge in [-0.25, -0.2) is 12.8 Å². The number of carbonyl (C=O) groups excluding carboxylic acids is 1. The predicted octanol–water partition coefficient (Wildman–Crippen LogP) is 1.38. The molecule has 0 saturated carbocycles. The molecule has 2 heterocycles. The molecule has 2 bridgehead atoms. The first kappa shape index (κ1) is 18.3. The first-order valence-corrected chi connectivity index (χ1v) is 9.90. The molecule has 8 heteroatoms. The molecule has 0 aromatic heterocycles. The van der Waals surface area contributed by atoms with Crippen LogP contribution in [0.5, 0.6) is 0 Å². The van der Waals surface area contributed by atoms with Crippen molar-refractivity contribution in [2.75, 3.05) is 19.6 Å². The lowest BCUT2D eigenvalue weighted by Gasteiger charge is -2.32. The largest absolute Gasteiger partial charge is 0.371 e. The van der Waals surface area contributed by atoms with E-state index in [-0.39, 0.29) is 35.9 Å². The van der Waals surface area contributed by atoms with Crippen LogP contribution >= 0.6 is 0 Å². The summed E-state index contributed by atoms with van der Waals surface area (Å²) in [5.41, 5.74) is 0. The van der Waals surface area contributed by atoms with Gasteiger partial charge < -0.3 is 10.1 Å². The maximum absolute atomic E-state index is 13.0. The SMILES string of the molecule is CC(C)CNC(=O)[C@H]1C[C@H]2CN(S(=O)(=O)c3ccc(F)cc3)C[C@H]1O2. The summed E-state index contributed by atoms with van der Waals surface area (Å²) in [6.45, 7) is 4.96. The molecule has 138 valence electrons. The van der Waals surface area contributed by atoms with Crippen molar-refractivity contribution in [1.82, 2.24) is 9.62 Å². The average molecular weight is 370 g/mol. The zero-order chi connectivity index (χ0) is 18.2. The molecule has 2 saturated heterocycles. The van der Waals surface area contributed by atoms with Crippen LogP contribution in [0.2, 0.25) is 0 Å². The fourth-order valence-corrected chi connectivity index (χ4v) is 4.77. The summed E-state index contributed by atoms with van der Waals surface area (Å²) in [6.07, 6.45) is -0.214. The Morgan fingerprint density at radius 3 is 2.64 bits per heavy atom. The van der Waals surface area contributed by atoms with E-state index in [0.29, 0.717) is 18.9 Å². The summed E-state index contributed by atoms with van der Waals surface area (Å²) in [7, 11) is -3.72. The number of nitrogens with zero attached hydrogens (tertiary/aromatic N) is 1. The van der Waals surface area contributed by atoms with Gasteiger partial charge in [-0.1, -0.05) is 13.8 Å². The van der Waals surface area contributed by atoms with Crippen molar-refractivity contribution in [2.45, 2.75) is 37.4 Å². The molecule has 3 atom stereocenters. The fraction of sp³-hybridized carbons (Fsp3) is 0.588. The van der Waals surface area contributed by atoms with Crippen molar-refractivity contribution in [1.29, 1.82) is 0 Å². The summed E-state index contributed by atoms with van der Waals surface area (Å²) in [6, 6.07) is 4.78. The Bertz CT molecular complexity index is 736. The number of ether oxygens (including phenoxy) is 1. The number of benzene rings is 1. The lowest BCUT2D eigenvalue weighted by atomic mass is 9.99. The Kier molecular flexibility index (Phi) is 5.13. The lowest BCUT2D eigenvalue weighted by molar-refractivity contribution is -0.127. The minimum atomic E-state index is -3.72. The molecule has 3 rings (SSSR count). The predicted molar refractivity (Wildman–Crippen MR) is 89.8 cm³/mol. The Morgan fingerprint density at radius 1 is 1.32 bits per heavy atom. The van der Waals surface area contributed by atoms with Crippen LogP contribution in [0.25, 0.3) is 0 Å². The zero-order valence-electron chi connectivity index (χ0n) is 14.3. The standard InChI is InChI=1S/C17H23FN2O4S/c1-11(2)8-19-17(21)15-7-13-9-20(10-16(15)24-13)25(22,23)14-5-3-12(18)4-6-14/h3-6,11,13,15-16H,7-10H2,1-2H3,(H,19,21)/t13-,15-,16+/m0/s1. The van der Waals surface area contributed by atoms with E-state index in [4.69, 9.17) is 4.74 Å². The molecule has 0 radical (unpaired) electrons. The minimum Gasteiger partial charge on any atom is -0.371 e. The summed E-state index contributed by atoms with van der Waals surface area (Å²) in [5.74, 6) is -0.553. The van der Waals surface area contributed by atoms with E-state index >= 15 is 0 Å². The normalized spacial score (nSPS) is 26.8. The summed E-state index contributed by atoms with van der Waals surface area (Å²) < 4.78 is 45.7. The number of sulfonamides is 1. The van der Waals surface area contributed by atoms with E-state index in [0.717, 1.165) is 12.1 Å². The zero-order valence-corrected chi connectivity index (χ0v) is 15.1. The van der Waals surface area contributed by atoms with E-state index in [9.17, 15) is 17.6 Å². The maximum atomic E-state index is 13.0. The van der Waals surface area contributed by atoms with Gasteiger partial charge in [0.05, 0.1) is 23.0 Å². The highest BCUT2D eigenvalue weighted by molar-refractivity contribution is 7.89. The number of nitrogens with one attached hydrogen (secondary N) is 1. The number of rotatable bonds is 5. The Morgan fingerprint density at radius 2 is 2.00 bits per heavy atom. The molecule has 2 fully saturated rings. The van der Waals surface area contributed by atoms with Gasteiger partial charge in [0.1, 0.15) is 5.82 Å². The summed E-state index contributed by atoms with van der Waals surface area (Å²) in [4.78, 5) is 12.4. The first-order valence-electron chi connectivity index (χ1n) is 8.46. The van der Waals surface area contributed by atoms with Crippen LogP contribution in [-0.2, 0) is 19.6 Å². The number of morpholine rings is 1. The Balaban J connectivity index is 1.71. The molecule has 0 spiro atoms. The molecule has 6 nitrogen and oxygen atoms in total. The van der Waals surface area contributed by atoms with E-state index in [1.165, 1.54) is 16.4 Å². The van der Waals surface area contributed by atoms with Gasteiger partial charge in [-0.3, -0.25) is 4.79 Å². The summed E-state index contributed by atoms with van der Waals surface area (Å²) in [5, 5.41) is 2.90. The molecule has 2 aliphatic rings. The van der Waals surface area contributed by atoms with E-state index < -0.39 is 21.9 Å². The third-order valence-electron chi connectivity index (χ3n) is 4.60. The van der Waals surface area contributed by atoms with Crippen molar-refractivity contribution in [3.05, 3.63) is 30.1 Å². The fourth-order valence-electron chi connectivity index (χ4n) is 3.29. The Labute approximate surface area is 147 Å². The number of carbonyl (C=O) groups is 1. The highest BCUT2D eigenvalue weighted by atomic mass is 32.2. The quantitative estimate of drug-likeness (QED) is 0.850. The van der Waals surface area contributed by atoms with Gasteiger partial charge in [0, 0.05) is 19.6 Å². The average Bonchev–Trinajstić information content (AvgIpc) is 2.86. The van der Waals surface area contributed by atoms with E-state index in [2.05, 4.69) is 5.32 Å². The molecule has 1 amide bonds. The van der Waals surface area contributed by atoms with Gasteiger partial charge in [0.15, 0.2) is 0 Å². The van der Waals surface area contributed by atoms with Gasteiger partial charge in [-0.2, -0.15) is 4.31 Å². The Hall–Kier alpha value is -1.51. The molecule has 25 heavy (non-hydrogen) atoms. The molecule has 2 aliphatic heterocycles. The number of hydrogen-bond donors (Lipinski definition) is 1. The van der Waals surface area contributed by atoms with Crippen molar-refractivity contribution in [2.24, 2.45) is 11.8 Å². The molecule has 0 aliphatic carbocycles. The number of fused-ring (bicyclic) bond motifs is 2. The van der Waals surface area contributed by atoms with Crippen molar-refractivity contribution in [3.63, 3.8) is 0 Å². The van der Waals surface area contributed by atoms with Crippen LogP contribution < -0.4 is 5.32 Å². The van der Waals surface area contributed by atoms with Crippen LogP contribution in [-0.4, -0.2) is 50.5 Å². The van der Waals surface area contributed by atoms with Crippen molar-refractivity contribution < 1.29 is 22.3 Å². The van der Waals surface area contributed by atoms with Gasteiger partial charge in [0.25, 0.3) is 0 Å². The second kappa shape index (κ2) is 7.01. The number of halogens is 1.